The molecule has 0 bridgehead atoms. The molecule has 0 amide bonds. The van der Waals surface area contributed by atoms with Gasteiger partial charge in [-0.1, -0.05) is 12.1 Å². The summed E-state index contributed by atoms with van der Waals surface area (Å²) in [5, 5.41) is 12.5. The molecule has 5 nitrogen and oxygen atoms in total. The number of aromatic nitrogens is 4. The fourth-order valence-corrected chi connectivity index (χ4v) is 4.18. The molecule has 124 valence electrons. The highest BCUT2D eigenvalue weighted by Crippen LogP contribution is 2.34. The first kappa shape index (κ1) is 13.8. The van der Waals surface area contributed by atoms with Gasteiger partial charge in [-0.2, -0.15) is 9.13 Å². The van der Waals surface area contributed by atoms with Crippen molar-refractivity contribution < 1.29 is 14.2 Å². The van der Waals surface area contributed by atoms with E-state index in [0.717, 1.165) is 34.9 Å². The molecule has 0 atom stereocenters. The van der Waals surface area contributed by atoms with Gasteiger partial charge in [0.05, 0.1) is 21.9 Å². The molecule has 0 aliphatic carbocycles. The third-order valence-electron chi connectivity index (χ3n) is 5.34. The summed E-state index contributed by atoms with van der Waals surface area (Å²) in [5.41, 5.74) is 5.12. The quantitative estimate of drug-likeness (QED) is 0.364. The minimum absolute atomic E-state index is 0.231. The highest BCUT2D eigenvalue weighted by Gasteiger charge is 2.30. The monoisotopic (exact) mass is 340 g/mol. The van der Waals surface area contributed by atoms with E-state index in [1.807, 2.05) is 18.2 Å². The molecule has 0 fully saturated rings. The zero-order chi connectivity index (χ0) is 17.3. The van der Waals surface area contributed by atoms with E-state index >= 15 is 0 Å². The number of phenols is 1. The van der Waals surface area contributed by atoms with Crippen LogP contribution in [0.25, 0.3) is 44.2 Å². The third-order valence-corrected chi connectivity index (χ3v) is 5.34. The van der Waals surface area contributed by atoms with Crippen LogP contribution in [0.3, 0.4) is 0 Å². The van der Waals surface area contributed by atoms with Crippen molar-refractivity contribution in [3.05, 3.63) is 60.9 Å². The van der Waals surface area contributed by atoms with Crippen LogP contribution >= 0.6 is 0 Å². The van der Waals surface area contributed by atoms with Crippen LogP contribution in [0.2, 0.25) is 0 Å². The zero-order valence-corrected chi connectivity index (χ0v) is 14.0. The summed E-state index contributed by atoms with van der Waals surface area (Å²) >= 11 is 0. The molecule has 0 unspecified atom stereocenters. The molecule has 5 heteroatoms. The van der Waals surface area contributed by atoms with Crippen LogP contribution in [-0.2, 0) is 13.1 Å². The van der Waals surface area contributed by atoms with E-state index in [-0.39, 0.29) is 5.75 Å². The second-order valence-electron chi connectivity index (χ2n) is 6.75. The average molecular weight is 340 g/mol. The van der Waals surface area contributed by atoms with Crippen LogP contribution in [0.5, 0.6) is 5.75 Å². The van der Waals surface area contributed by atoms with Crippen LogP contribution in [0.4, 0.5) is 0 Å². The third kappa shape index (κ3) is 1.67. The maximum Gasteiger partial charge on any atom is 0.287 e. The van der Waals surface area contributed by atoms with Crippen molar-refractivity contribution in [1.29, 1.82) is 0 Å². The molecule has 0 spiro atoms. The second-order valence-corrected chi connectivity index (χ2v) is 6.75. The smallest absolute Gasteiger partial charge is 0.287 e. The van der Waals surface area contributed by atoms with E-state index in [4.69, 9.17) is 4.98 Å². The second kappa shape index (κ2) is 4.79. The van der Waals surface area contributed by atoms with E-state index in [2.05, 4.69) is 50.8 Å². The van der Waals surface area contributed by atoms with Crippen molar-refractivity contribution in [1.82, 2.24) is 9.97 Å². The number of imidazole rings is 1. The van der Waals surface area contributed by atoms with Crippen LogP contribution < -0.4 is 9.13 Å². The van der Waals surface area contributed by atoms with Crippen molar-refractivity contribution in [2.75, 3.05) is 0 Å². The van der Waals surface area contributed by atoms with Crippen LogP contribution in [-0.4, -0.2) is 15.1 Å². The first-order chi connectivity index (χ1) is 12.8. The fourth-order valence-electron chi connectivity index (χ4n) is 4.18. The summed E-state index contributed by atoms with van der Waals surface area (Å²) in [6.45, 7) is 1.91. The Bertz CT molecular complexity index is 1270. The van der Waals surface area contributed by atoms with E-state index in [9.17, 15) is 5.11 Å². The first-order valence-electron chi connectivity index (χ1n) is 8.75. The molecule has 1 aliphatic heterocycles. The molecule has 2 aromatic carbocycles. The first-order valence-corrected chi connectivity index (χ1v) is 8.75. The van der Waals surface area contributed by atoms with Gasteiger partial charge in [0.1, 0.15) is 17.1 Å². The number of para-hydroxylation sites is 1. The highest BCUT2D eigenvalue weighted by molar-refractivity contribution is 6.19. The minimum atomic E-state index is 0.231. The van der Waals surface area contributed by atoms with E-state index in [1.54, 1.807) is 6.07 Å². The predicted molar refractivity (Wildman–Crippen MR) is 98.6 cm³/mol. The van der Waals surface area contributed by atoms with Crippen LogP contribution in [0.1, 0.15) is 0 Å². The number of aromatic amines is 1. The average Bonchev–Trinajstić information content (AvgIpc) is 3.13. The van der Waals surface area contributed by atoms with Gasteiger partial charge in [-0.15, -0.1) is 0 Å². The maximum atomic E-state index is 10.2. The van der Waals surface area contributed by atoms with Gasteiger partial charge in [0, 0.05) is 12.1 Å². The number of phenolic OH excluding ortho intramolecular Hbond substituents is 1. The number of H-pyrrole nitrogens is 1. The van der Waals surface area contributed by atoms with Gasteiger partial charge in [-0.3, -0.25) is 0 Å². The van der Waals surface area contributed by atoms with Gasteiger partial charge in [0.15, 0.2) is 12.4 Å². The number of fused-ring (bicyclic) bond motifs is 3. The van der Waals surface area contributed by atoms with Gasteiger partial charge in [-0.05, 0) is 24.3 Å². The van der Waals surface area contributed by atoms with Crippen molar-refractivity contribution in [2.24, 2.45) is 0 Å². The molecule has 0 saturated heterocycles. The normalized spacial score (nSPS) is 13.2. The lowest BCUT2D eigenvalue weighted by Gasteiger charge is -2.09. The molecule has 4 heterocycles. The fraction of sp³-hybridized carbons (Fsp3) is 0.0952. The molecule has 0 radical (unpaired) electrons. The maximum absolute atomic E-state index is 10.2. The number of hydrogen-bond donors (Lipinski definition) is 2. The number of hydrogen-bond acceptors (Lipinski definition) is 2. The number of nitrogens with one attached hydrogen (secondary N) is 1. The lowest BCUT2D eigenvalue weighted by atomic mass is 10.1. The van der Waals surface area contributed by atoms with Crippen LogP contribution in [0, 0.1) is 0 Å². The van der Waals surface area contributed by atoms with Crippen molar-refractivity contribution in [3.63, 3.8) is 0 Å². The number of aromatic hydroxyl groups is 1. The van der Waals surface area contributed by atoms with Gasteiger partial charge >= 0.3 is 0 Å². The number of benzene rings is 2. The Morgan fingerprint density at radius 1 is 0.846 bits per heavy atom. The summed E-state index contributed by atoms with van der Waals surface area (Å²) in [5.74, 6) is 0.923. The molecule has 2 N–H and O–H groups in total. The Labute approximate surface area is 148 Å². The van der Waals surface area contributed by atoms with Crippen molar-refractivity contribution in [3.8, 4) is 17.1 Å². The van der Waals surface area contributed by atoms with E-state index in [1.165, 1.54) is 11.0 Å². The molecule has 5 aromatic rings. The highest BCUT2D eigenvalue weighted by atomic mass is 16.3. The minimum Gasteiger partial charge on any atom is -0.507 e. The Kier molecular flexibility index (Phi) is 2.54. The molecule has 0 saturated carbocycles. The molecule has 6 rings (SSSR count). The SMILES string of the molecule is Oc1ccccc1-c1nc2c3ccc[n+]4c3c3c(ccc[n+]3CC4)c2[nH]1. The largest absolute Gasteiger partial charge is 0.507 e. The summed E-state index contributed by atoms with van der Waals surface area (Å²) in [6.07, 6.45) is 4.28. The Hall–Kier alpha value is -3.47. The number of aryl methyl sites for hydroxylation is 2. The van der Waals surface area contributed by atoms with Gasteiger partial charge in [0.2, 0.25) is 13.1 Å². The van der Waals surface area contributed by atoms with Gasteiger partial charge in [-0.25, -0.2) is 4.98 Å². The Morgan fingerprint density at radius 2 is 1.54 bits per heavy atom. The lowest BCUT2D eigenvalue weighted by molar-refractivity contribution is -0.771. The standard InChI is InChI=1S/C21H14N4O/c26-16-8-2-1-5-13(16)21-22-17-14-6-3-9-24-11-12-25-10-4-7-15(18(17)23-21)20(25)19(14)24/h1-10H,11-12H2/p+2. The summed E-state index contributed by atoms with van der Waals surface area (Å²) in [6, 6.07) is 15.8. The lowest BCUT2D eigenvalue weighted by Crippen LogP contribution is -2.50. The number of pyridine rings is 2. The van der Waals surface area contributed by atoms with Crippen molar-refractivity contribution >= 4 is 32.8 Å². The molecular formula is C21H16N4O+2. The molecule has 3 aromatic heterocycles. The van der Waals surface area contributed by atoms with Crippen molar-refractivity contribution in [2.45, 2.75) is 13.1 Å². The topological polar surface area (TPSA) is 56.7 Å². The number of rotatable bonds is 1. The number of nitrogens with zero attached hydrogens (tertiary/aromatic N) is 3. The summed E-state index contributed by atoms with van der Waals surface area (Å²) in [4.78, 5) is 8.34. The Balaban J connectivity index is 1.85. The van der Waals surface area contributed by atoms with E-state index < -0.39 is 0 Å². The zero-order valence-electron chi connectivity index (χ0n) is 14.0. The molecule has 26 heavy (non-hydrogen) atoms. The predicted octanol–water partition coefficient (Wildman–Crippen LogP) is 2.83. The van der Waals surface area contributed by atoms with Gasteiger partial charge < -0.3 is 10.1 Å². The Morgan fingerprint density at radius 3 is 2.31 bits per heavy atom. The summed E-state index contributed by atoms with van der Waals surface area (Å²) < 4.78 is 4.63. The molecular weight excluding hydrogens is 324 g/mol. The van der Waals surface area contributed by atoms with Gasteiger partial charge in [0.25, 0.3) is 11.0 Å². The van der Waals surface area contributed by atoms with Crippen LogP contribution in [0.15, 0.2) is 60.9 Å². The molecule has 1 aliphatic rings. The summed E-state index contributed by atoms with van der Waals surface area (Å²) in [7, 11) is 0. The van der Waals surface area contributed by atoms with E-state index in [0.29, 0.717) is 11.4 Å².